The lowest BCUT2D eigenvalue weighted by Crippen LogP contribution is -1.98. The number of nitrogen functional groups attached to an aromatic ring is 1. The molecule has 0 bridgehead atoms. The lowest BCUT2D eigenvalue weighted by Gasteiger charge is -2.00. The molecule has 0 aromatic carbocycles. The van der Waals surface area contributed by atoms with Crippen molar-refractivity contribution in [1.82, 2.24) is 9.97 Å². The van der Waals surface area contributed by atoms with Gasteiger partial charge in [-0.2, -0.15) is 4.98 Å². The molecular formula is C7H9N3O. The second kappa shape index (κ2) is 3.55. The van der Waals surface area contributed by atoms with Crippen LogP contribution in [0.2, 0.25) is 0 Å². The van der Waals surface area contributed by atoms with Crippen LogP contribution in [0.1, 0.15) is 0 Å². The van der Waals surface area contributed by atoms with Gasteiger partial charge in [0, 0.05) is 0 Å². The van der Waals surface area contributed by atoms with Crippen LogP contribution in [0.5, 0.6) is 5.88 Å². The molecule has 4 heteroatoms. The second-order valence-electron chi connectivity index (χ2n) is 1.88. The molecule has 0 aliphatic heterocycles. The largest absolute Gasteiger partial charge is 0.472 e. The van der Waals surface area contributed by atoms with Crippen molar-refractivity contribution < 1.29 is 4.74 Å². The number of rotatable bonds is 3. The predicted octanol–water partition coefficient (Wildman–Crippen LogP) is 0.624. The Morgan fingerprint density at radius 3 is 3.09 bits per heavy atom. The van der Waals surface area contributed by atoms with E-state index in [4.69, 9.17) is 10.5 Å². The highest BCUT2D eigenvalue weighted by molar-refractivity contribution is 5.25. The van der Waals surface area contributed by atoms with E-state index >= 15 is 0 Å². The van der Waals surface area contributed by atoms with Crippen molar-refractivity contribution in [3.05, 3.63) is 25.0 Å². The molecule has 0 unspecified atom stereocenters. The summed E-state index contributed by atoms with van der Waals surface area (Å²) in [7, 11) is 0. The number of hydrogen-bond donors (Lipinski definition) is 1. The minimum absolute atomic E-state index is 0.353. The van der Waals surface area contributed by atoms with Gasteiger partial charge in [-0.25, -0.2) is 0 Å². The second-order valence-corrected chi connectivity index (χ2v) is 1.88. The van der Waals surface area contributed by atoms with Crippen LogP contribution in [0.25, 0.3) is 0 Å². The van der Waals surface area contributed by atoms with Gasteiger partial charge in [-0.1, -0.05) is 12.7 Å². The number of ether oxygens (including phenoxy) is 1. The van der Waals surface area contributed by atoms with E-state index in [2.05, 4.69) is 16.5 Å². The van der Waals surface area contributed by atoms with Gasteiger partial charge in [-0.05, 0) is 0 Å². The standard InChI is InChI=1S/C7H9N3O/c1-2-3-11-7-5-9-4-6(8)10-7/h2,4-5H,1,3H2,(H2,8,10). The van der Waals surface area contributed by atoms with Crippen LogP contribution < -0.4 is 10.5 Å². The van der Waals surface area contributed by atoms with E-state index in [1.807, 2.05) is 0 Å². The summed E-state index contributed by atoms with van der Waals surface area (Å²) in [6.45, 7) is 3.91. The van der Waals surface area contributed by atoms with Gasteiger partial charge < -0.3 is 10.5 Å². The number of anilines is 1. The summed E-state index contributed by atoms with van der Waals surface area (Å²) in [5, 5.41) is 0. The number of nitrogens with zero attached hydrogens (tertiary/aromatic N) is 2. The van der Waals surface area contributed by atoms with Crippen molar-refractivity contribution in [3.8, 4) is 5.88 Å². The molecule has 0 saturated carbocycles. The van der Waals surface area contributed by atoms with Gasteiger partial charge in [0.1, 0.15) is 12.4 Å². The molecular weight excluding hydrogens is 142 g/mol. The average Bonchev–Trinajstić information content (AvgIpc) is 2.01. The highest BCUT2D eigenvalue weighted by atomic mass is 16.5. The Kier molecular flexibility index (Phi) is 2.43. The molecule has 1 aromatic heterocycles. The third-order valence-electron chi connectivity index (χ3n) is 0.980. The van der Waals surface area contributed by atoms with Crippen LogP contribution in [0.3, 0.4) is 0 Å². The fraction of sp³-hybridized carbons (Fsp3) is 0.143. The quantitative estimate of drug-likeness (QED) is 0.643. The van der Waals surface area contributed by atoms with Crippen molar-refractivity contribution >= 4 is 5.82 Å². The van der Waals surface area contributed by atoms with Crippen molar-refractivity contribution in [2.75, 3.05) is 12.3 Å². The van der Waals surface area contributed by atoms with Crippen LogP contribution in [0.15, 0.2) is 25.0 Å². The lowest BCUT2D eigenvalue weighted by atomic mass is 10.6. The zero-order valence-corrected chi connectivity index (χ0v) is 6.03. The summed E-state index contributed by atoms with van der Waals surface area (Å²) in [5.74, 6) is 0.775. The SMILES string of the molecule is C=CCOc1cncc(N)n1. The molecule has 2 N–H and O–H groups in total. The van der Waals surface area contributed by atoms with Crippen LogP contribution in [0.4, 0.5) is 5.82 Å². The first-order valence-electron chi connectivity index (χ1n) is 3.14. The molecule has 4 nitrogen and oxygen atoms in total. The molecule has 11 heavy (non-hydrogen) atoms. The maximum absolute atomic E-state index is 5.35. The molecule has 1 rings (SSSR count). The molecule has 1 heterocycles. The van der Waals surface area contributed by atoms with Crippen molar-refractivity contribution in [2.45, 2.75) is 0 Å². The smallest absolute Gasteiger partial charge is 0.234 e. The third kappa shape index (κ3) is 2.25. The van der Waals surface area contributed by atoms with Gasteiger partial charge in [-0.3, -0.25) is 4.98 Å². The minimum atomic E-state index is 0.353. The van der Waals surface area contributed by atoms with E-state index in [-0.39, 0.29) is 0 Å². The minimum Gasteiger partial charge on any atom is -0.472 e. The summed E-state index contributed by atoms with van der Waals surface area (Å²) in [5.41, 5.74) is 5.35. The number of hydrogen-bond acceptors (Lipinski definition) is 4. The normalized spacial score (nSPS) is 9.09. The van der Waals surface area contributed by atoms with Crippen LogP contribution >= 0.6 is 0 Å². The maximum Gasteiger partial charge on any atom is 0.234 e. The topological polar surface area (TPSA) is 61.0 Å². The monoisotopic (exact) mass is 151 g/mol. The van der Waals surface area contributed by atoms with Gasteiger partial charge in [0.15, 0.2) is 0 Å². The number of nitrogens with two attached hydrogens (primary N) is 1. The highest BCUT2D eigenvalue weighted by Gasteiger charge is 1.93. The first-order valence-corrected chi connectivity index (χ1v) is 3.14. The van der Waals surface area contributed by atoms with E-state index in [0.717, 1.165) is 0 Å². The van der Waals surface area contributed by atoms with Gasteiger partial charge in [0.25, 0.3) is 0 Å². The Morgan fingerprint density at radius 2 is 2.45 bits per heavy atom. The molecule has 0 amide bonds. The summed E-state index contributed by atoms with van der Waals surface area (Å²) < 4.78 is 5.06. The summed E-state index contributed by atoms with van der Waals surface area (Å²) in [4.78, 5) is 7.65. The Balaban J connectivity index is 2.63. The third-order valence-corrected chi connectivity index (χ3v) is 0.980. The number of aromatic nitrogens is 2. The summed E-state index contributed by atoms with van der Waals surface area (Å²) in [6.07, 6.45) is 4.59. The average molecular weight is 151 g/mol. The predicted molar refractivity (Wildman–Crippen MR) is 42.1 cm³/mol. The van der Waals surface area contributed by atoms with E-state index < -0.39 is 0 Å². The fourth-order valence-electron chi connectivity index (χ4n) is 0.576. The molecule has 0 saturated heterocycles. The van der Waals surface area contributed by atoms with E-state index in [1.165, 1.54) is 12.4 Å². The molecule has 0 atom stereocenters. The summed E-state index contributed by atoms with van der Waals surface area (Å²) in [6, 6.07) is 0. The Bertz CT molecular complexity index is 249. The van der Waals surface area contributed by atoms with E-state index in [1.54, 1.807) is 6.08 Å². The van der Waals surface area contributed by atoms with Crippen molar-refractivity contribution in [3.63, 3.8) is 0 Å². The molecule has 0 aliphatic carbocycles. The first-order chi connectivity index (χ1) is 5.33. The van der Waals surface area contributed by atoms with Crippen molar-refractivity contribution in [2.24, 2.45) is 0 Å². The highest BCUT2D eigenvalue weighted by Crippen LogP contribution is 2.04. The Morgan fingerprint density at radius 1 is 1.64 bits per heavy atom. The molecule has 0 spiro atoms. The van der Waals surface area contributed by atoms with E-state index in [0.29, 0.717) is 18.3 Å². The lowest BCUT2D eigenvalue weighted by molar-refractivity contribution is 0.347. The molecule has 0 fully saturated rings. The van der Waals surface area contributed by atoms with Gasteiger partial charge >= 0.3 is 0 Å². The Hall–Kier alpha value is -1.58. The van der Waals surface area contributed by atoms with Gasteiger partial charge in [-0.15, -0.1) is 0 Å². The van der Waals surface area contributed by atoms with E-state index in [9.17, 15) is 0 Å². The van der Waals surface area contributed by atoms with Crippen LogP contribution in [-0.4, -0.2) is 16.6 Å². The Labute approximate surface area is 64.7 Å². The molecule has 0 aliphatic rings. The van der Waals surface area contributed by atoms with Crippen molar-refractivity contribution in [1.29, 1.82) is 0 Å². The van der Waals surface area contributed by atoms with Crippen LogP contribution in [-0.2, 0) is 0 Å². The molecule has 1 aromatic rings. The first kappa shape index (κ1) is 7.53. The van der Waals surface area contributed by atoms with Gasteiger partial charge in [0.05, 0.1) is 12.4 Å². The molecule has 58 valence electrons. The zero-order chi connectivity index (χ0) is 8.10. The van der Waals surface area contributed by atoms with Gasteiger partial charge in [0.2, 0.25) is 5.88 Å². The summed E-state index contributed by atoms with van der Waals surface area (Å²) >= 11 is 0. The zero-order valence-electron chi connectivity index (χ0n) is 6.03. The van der Waals surface area contributed by atoms with Crippen LogP contribution in [0, 0.1) is 0 Å². The maximum atomic E-state index is 5.35. The fourth-order valence-corrected chi connectivity index (χ4v) is 0.576. The molecule has 0 radical (unpaired) electrons.